The predicted molar refractivity (Wildman–Crippen MR) is 119 cm³/mol. The third kappa shape index (κ3) is 7.60. The fourth-order valence-corrected chi connectivity index (χ4v) is 3.11. The average Bonchev–Trinajstić information content (AvgIpc) is 2.74. The summed E-state index contributed by atoms with van der Waals surface area (Å²) in [4.78, 5) is 36.4. The molecular formula is C22H26FN3O4S. The normalized spacial score (nSPS) is 12.4. The number of hydrazine groups is 1. The number of anilines is 1. The summed E-state index contributed by atoms with van der Waals surface area (Å²) in [6.45, 7) is 7.06. The molecule has 0 heterocycles. The number of amides is 3. The van der Waals surface area contributed by atoms with Crippen LogP contribution in [0.15, 0.2) is 42.5 Å². The summed E-state index contributed by atoms with van der Waals surface area (Å²) in [6.07, 6.45) is -0.815. The maximum Gasteiger partial charge on any atom is 0.279 e. The van der Waals surface area contributed by atoms with Gasteiger partial charge >= 0.3 is 0 Å². The minimum atomic E-state index is -0.815. The minimum Gasteiger partial charge on any atom is -0.481 e. The van der Waals surface area contributed by atoms with E-state index >= 15 is 0 Å². The average molecular weight is 448 g/mol. The number of rotatable bonds is 8. The van der Waals surface area contributed by atoms with Crippen molar-refractivity contribution in [2.75, 3.05) is 11.1 Å². The topological polar surface area (TPSA) is 96.5 Å². The van der Waals surface area contributed by atoms with Crippen molar-refractivity contribution >= 4 is 35.2 Å². The van der Waals surface area contributed by atoms with E-state index in [1.54, 1.807) is 19.9 Å². The monoisotopic (exact) mass is 447 g/mol. The smallest absolute Gasteiger partial charge is 0.279 e. The molecule has 7 nitrogen and oxygen atoms in total. The quantitative estimate of drug-likeness (QED) is 0.541. The maximum atomic E-state index is 12.9. The fraction of sp³-hybridized carbons (Fsp3) is 0.318. The molecule has 166 valence electrons. The number of halogens is 1. The van der Waals surface area contributed by atoms with E-state index < -0.39 is 29.0 Å². The Balaban J connectivity index is 1.73. The summed E-state index contributed by atoms with van der Waals surface area (Å²) < 4.78 is 18.6. The second-order valence-corrected chi connectivity index (χ2v) is 8.27. The molecular weight excluding hydrogens is 421 g/mol. The molecule has 9 heteroatoms. The first-order chi connectivity index (χ1) is 14.7. The van der Waals surface area contributed by atoms with Gasteiger partial charge in [-0.2, -0.15) is 0 Å². The zero-order valence-electron chi connectivity index (χ0n) is 17.8. The fourth-order valence-electron chi connectivity index (χ4n) is 2.43. The highest BCUT2D eigenvalue weighted by molar-refractivity contribution is 8.01. The number of ether oxygens (including phenoxy) is 1. The summed E-state index contributed by atoms with van der Waals surface area (Å²) in [7, 11) is 0. The van der Waals surface area contributed by atoms with Crippen molar-refractivity contribution in [2.24, 2.45) is 0 Å². The van der Waals surface area contributed by atoms with Gasteiger partial charge in [-0.05, 0) is 69.2 Å². The standard InChI is InChI=1S/C22H26FN3O4S/c1-13-6-5-7-19(14(13)2)30-15(3)21(28)25-26-22(29)16(4)31-12-20(27)24-18-10-8-17(23)9-11-18/h5-11,15-16H,12H2,1-4H3,(H,24,27)(H,25,28)(H,26,29). The maximum absolute atomic E-state index is 12.9. The first-order valence-corrected chi connectivity index (χ1v) is 10.7. The van der Waals surface area contributed by atoms with Crippen molar-refractivity contribution in [3.8, 4) is 5.75 Å². The Morgan fingerprint density at radius 2 is 1.65 bits per heavy atom. The van der Waals surface area contributed by atoms with Gasteiger partial charge in [-0.15, -0.1) is 11.8 Å². The second kappa shape index (κ2) is 11.4. The largest absolute Gasteiger partial charge is 0.481 e. The molecule has 2 aromatic rings. The molecule has 0 aliphatic heterocycles. The van der Waals surface area contributed by atoms with Gasteiger partial charge in [0.1, 0.15) is 11.6 Å². The van der Waals surface area contributed by atoms with E-state index in [9.17, 15) is 18.8 Å². The zero-order chi connectivity index (χ0) is 23.0. The molecule has 0 aliphatic rings. The molecule has 0 saturated heterocycles. The van der Waals surface area contributed by atoms with Crippen LogP contribution in [0.5, 0.6) is 5.75 Å². The van der Waals surface area contributed by atoms with Crippen LogP contribution in [0.2, 0.25) is 0 Å². The highest BCUT2D eigenvalue weighted by Gasteiger charge is 2.19. The molecule has 2 rings (SSSR count). The molecule has 0 fully saturated rings. The number of thioether (sulfide) groups is 1. The predicted octanol–water partition coefficient (Wildman–Crippen LogP) is 3.12. The van der Waals surface area contributed by atoms with Crippen LogP contribution in [0, 0.1) is 19.7 Å². The number of carbonyl (C=O) groups is 3. The number of carbonyl (C=O) groups excluding carboxylic acids is 3. The molecule has 2 unspecified atom stereocenters. The third-order valence-electron chi connectivity index (χ3n) is 4.50. The number of nitrogens with one attached hydrogen (secondary N) is 3. The van der Waals surface area contributed by atoms with Crippen LogP contribution in [0.3, 0.4) is 0 Å². The molecule has 31 heavy (non-hydrogen) atoms. The lowest BCUT2D eigenvalue weighted by molar-refractivity contribution is -0.132. The van der Waals surface area contributed by atoms with Crippen molar-refractivity contribution in [3.05, 3.63) is 59.4 Å². The summed E-state index contributed by atoms with van der Waals surface area (Å²) in [5.41, 5.74) is 7.13. The highest BCUT2D eigenvalue weighted by Crippen LogP contribution is 2.21. The van der Waals surface area contributed by atoms with Gasteiger partial charge in [0.25, 0.3) is 11.8 Å². The van der Waals surface area contributed by atoms with Crippen LogP contribution < -0.4 is 20.9 Å². The molecule has 3 amide bonds. The van der Waals surface area contributed by atoms with E-state index in [-0.39, 0.29) is 11.7 Å². The van der Waals surface area contributed by atoms with Crippen molar-refractivity contribution in [1.29, 1.82) is 0 Å². The minimum absolute atomic E-state index is 0.0199. The first kappa shape index (κ1) is 24.2. The Labute approximate surface area is 185 Å². The lowest BCUT2D eigenvalue weighted by atomic mass is 10.1. The number of hydrogen-bond donors (Lipinski definition) is 3. The van der Waals surface area contributed by atoms with Gasteiger partial charge in [0.05, 0.1) is 11.0 Å². The van der Waals surface area contributed by atoms with Gasteiger partial charge in [-0.1, -0.05) is 12.1 Å². The number of hydrogen-bond acceptors (Lipinski definition) is 5. The molecule has 0 aromatic heterocycles. The van der Waals surface area contributed by atoms with E-state index in [2.05, 4.69) is 16.2 Å². The number of aryl methyl sites for hydroxylation is 1. The molecule has 0 radical (unpaired) electrons. The molecule has 0 saturated carbocycles. The Morgan fingerprint density at radius 3 is 2.32 bits per heavy atom. The molecule has 3 N–H and O–H groups in total. The van der Waals surface area contributed by atoms with Crippen molar-refractivity contribution in [2.45, 2.75) is 39.0 Å². The van der Waals surface area contributed by atoms with Gasteiger partial charge in [0.2, 0.25) is 5.91 Å². The van der Waals surface area contributed by atoms with E-state index in [1.807, 2.05) is 26.0 Å². The lowest BCUT2D eigenvalue weighted by Gasteiger charge is -2.18. The van der Waals surface area contributed by atoms with Gasteiger partial charge in [0.15, 0.2) is 6.10 Å². The molecule has 2 atom stereocenters. The Kier molecular flexibility index (Phi) is 8.87. The number of benzene rings is 2. The van der Waals surface area contributed by atoms with Gasteiger partial charge < -0.3 is 10.1 Å². The molecule has 0 bridgehead atoms. The van der Waals surface area contributed by atoms with Crippen molar-refractivity contribution in [1.82, 2.24) is 10.9 Å². The van der Waals surface area contributed by atoms with Crippen molar-refractivity contribution < 1.29 is 23.5 Å². The van der Waals surface area contributed by atoms with E-state index in [1.165, 1.54) is 24.3 Å². The van der Waals surface area contributed by atoms with Gasteiger partial charge in [-0.25, -0.2) is 4.39 Å². The van der Waals surface area contributed by atoms with Crippen molar-refractivity contribution in [3.63, 3.8) is 0 Å². The summed E-state index contributed by atoms with van der Waals surface area (Å²) in [5.74, 6) is -1.05. The first-order valence-electron chi connectivity index (χ1n) is 9.67. The summed E-state index contributed by atoms with van der Waals surface area (Å²) in [5, 5.41) is 2.03. The summed E-state index contributed by atoms with van der Waals surface area (Å²) in [6, 6.07) is 11.0. The lowest BCUT2D eigenvalue weighted by Crippen LogP contribution is -2.49. The summed E-state index contributed by atoms with van der Waals surface area (Å²) >= 11 is 1.10. The molecule has 0 spiro atoms. The Bertz CT molecular complexity index is 937. The van der Waals surface area contributed by atoms with Crippen LogP contribution in [-0.4, -0.2) is 34.8 Å². The van der Waals surface area contributed by atoms with Crippen LogP contribution in [0.4, 0.5) is 10.1 Å². The van der Waals surface area contributed by atoms with Gasteiger partial charge in [-0.3, -0.25) is 25.2 Å². The van der Waals surface area contributed by atoms with Crippen LogP contribution >= 0.6 is 11.8 Å². The Hall–Kier alpha value is -3.07. The zero-order valence-corrected chi connectivity index (χ0v) is 18.6. The molecule has 2 aromatic carbocycles. The van der Waals surface area contributed by atoms with Gasteiger partial charge in [0, 0.05) is 5.69 Å². The highest BCUT2D eigenvalue weighted by atomic mass is 32.2. The van der Waals surface area contributed by atoms with E-state index in [0.29, 0.717) is 11.4 Å². The van der Waals surface area contributed by atoms with E-state index in [4.69, 9.17) is 4.74 Å². The van der Waals surface area contributed by atoms with Crippen LogP contribution in [0.1, 0.15) is 25.0 Å². The second-order valence-electron chi connectivity index (χ2n) is 6.94. The molecule has 0 aliphatic carbocycles. The van der Waals surface area contributed by atoms with Crippen LogP contribution in [-0.2, 0) is 14.4 Å². The van der Waals surface area contributed by atoms with E-state index in [0.717, 1.165) is 22.9 Å². The Morgan fingerprint density at radius 1 is 1.00 bits per heavy atom. The van der Waals surface area contributed by atoms with Crippen LogP contribution in [0.25, 0.3) is 0 Å². The third-order valence-corrected chi connectivity index (χ3v) is 5.64. The SMILES string of the molecule is Cc1cccc(OC(C)C(=O)NNC(=O)C(C)SCC(=O)Nc2ccc(F)cc2)c1C.